The van der Waals surface area contributed by atoms with E-state index in [9.17, 15) is 8.42 Å². The van der Waals surface area contributed by atoms with Gasteiger partial charge < -0.3 is 0 Å². The van der Waals surface area contributed by atoms with Crippen LogP contribution >= 0.6 is 0 Å². The molecule has 0 spiro atoms. The maximum Gasteiger partial charge on any atom is 0.241 e. The Labute approximate surface area is 130 Å². The van der Waals surface area contributed by atoms with Crippen molar-refractivity contribution < 1.29 is 8.42 Å². The second kappa shape index (κ2) is 7.41. The number of rotatable bonds is 7. The van der Waals surface area contributed by atoms with Gasteiger partial charge in [-0.2, -0.15) is 0 Å². The number of hydrogen-bond donors (Lipinski definition) is 1. The fourth-order valence-electron chi connectivity index (χ4n) is 2.81. The molecule has 3 nitrogen and oxygen atoms in total. The van der Waals surface area contributed by atoms with Crippen LogP contribution < -0.4 is 4.72 Å². The molecule has 0 aliphatic carbocycles. The summed E-state index contributed by atoms with van der Waals surface area (Å²) in [6.45, 7) is 12.0. The van der Waals surface area contributed by atoms with E-state index in [4.69, 9.17) is 0 Å². The molecule has 1 aromatic rings. The Morgan fingerprint density at radius 2 is 1.52 bits per heavy atom. The first-order chi connectivity index (χ1) is 9.63. The average Bonchev–Trinajstić information content (AvgIpc) is 2.24. The Hall–Kier alpha value is -0.870. The minimum Gasteiger partial charge on any atom is -0.208 e. The van der Waals surface area contributed by atoms with Crippen molar-refractivity contribution in [1.82, 2.24) is 4.72 Å². The van der Waals surface area contributed by atoms with E-state index >= 15 is 0 Å². The predicted molar refractivity (Wildman–Crippen MR) is 89.1 cm³/mol. The van der Waals surface area contributed by atoms with E-state index in [0.29, 0.717) is 10.8 Å². The molecule has 0 aromatic heterocycles. The maximum atomic E-state index is 12.6. The molecule has 1 atom stereocenters. The first-order valence-corrected chi connectivity index (χ1v) is 9.22. The molecule has 0 amide bonds. The van der Waals surface area contributed by atoms with Gasteiger partial charge in [-0.25, -0.2) is 13.1 Å². The van der Waals surface area contributed by atoms with Crippen LogP contribution in [0.2, 0.25) is 0 Å². The lowest BCUT2D eigenvalue weighted by atomic mass is 10.0. The van der Waals surface area contributed by atoms with Gasteiger partial charge in [0, 0.05) is 6.04 Å². The van der Waals surface area contributed by atoms with E-state index in [0.717, 1.165) is 36.0 Å². The first kappa shape index (κ1) is 18.2. The SMILES string of the molecule is Cc1cc(C)c(S(=O)(=O)N[C@H](C)CCCC(C)C)c(C)c1. The van der Waals surface area contributed by atoms with E-state index in [1.165, 1.54) is 0 Å². The van der Waals surface area contributed by atoms with Crippen molar-refractivity contribution >= 4 is 10.0 Å². The minimum absolute atomic E-state index is 0.0335. The van der Waals surface area contributed by atoms with Crippen LogP contribution in [0.5, 0.6) is 0 Å². The van der Waals surface area contributed by atoms with Crippen molar-refractivity contribution in [3.05, 3.63) is 28.8 Å². The van der Waals surface area contributed by atoms with E-state index in [-0.39, 0.29) is 6.04 Å². The van der Waals surface area contributed by atoms with Gasteiger partial charge in [0.25, 0.3) is 0 Å². The molecular formula is C17H29NO2S. The molecule has 120 valence electrons. The number of benzene rings is 1. The number of sulfonamides is 1. The highest BCUT2D eigenvalue weighted by Crippen LogP contribution is 2.22. The third-order valence-electron chi connectivity index (χ3n) is 3.65. The zero-order chi connectivity index (χ0) is 16.2. The normalized spacial score (nSPS) is 13.7. The van der Waals surface area contributed by atoms with Crippen LogP contribution in [-0.4, -0.2) is 14.5 Å². The van der Waals surface area contributed by atoms with Crippen LogP contribution in [0.4, 0.5) is 0 Å². The van der Waals surface area contributed by atoms with Gasteiger partial charge in [0.05, 0.1) is 4.90 Å². The van der Waals surface area contributed by atoms with Gasteiger partial charge in [-0.05, 0) is 51.2 Å². The zero-order valence-corrected chi connectivity index (χ0v) is 15.0. The highest BCUT2D eigenvalue weighted by atomic mass is 32.2. The van der Waals surface area contributed by atoms with Crippen LogP contribution in [0.3, 0.4) is 0 Å². The van der Waals surface area contributed by atoms with Gasteiger partial charge in [-0.15, -0.1) is 0 Å². The largest absolute Gasteiger partial charge is 0.241 e. The lowest BCUT2D eigenvalue weighted by molar-refractivity contribution is 0.488. The molecule has 0 bridgehead atoms. The fourth-order valence-corrected chi connectivity index (χ4v) is 4.54. The molecule has 0 aliphatic heterocycles. The number of nitrogens with one attached hydrogen (secondary N) is 1. The predicted octanol–water partition coefficient (Wildman–Crippen LogP) is 4.10. The fraction of sp³-hybridized carbons (Fsp3) is 0.647. The van der Waals surface area contributed by atoms with Crippen LogP contribution in [0, 0.1) is 26.7 Å². The molecule has 1 N–H and O–H groups in total. The van der Waals surface area contributed by atoms with E-state index in [1.807, 2.05) is 39.8 Å². The second-order valence-corrected chi connectivity index (χ2v) is 8.23. The van der Waals surface area contributed by atoms with E-state index in [1.54, 1.807) is 0 Å². The lowest BCUT2D eigenvalue weighted by Gasteiger charge is -2.17. The summed E-state index contributed by atoms with van der Waals surface area (Å²) in [5, 5.41) is 0. The number of hydrogen-bond acceptors (Lipinski definition) is 2. The molecule has 1 rings (SSSR count). The van der Waals surface area contributed by atoms with Gasteiger partial charge in [0.15, 0.2) is 0 Å². The zero-order valence-electron chi connectivity index (χ0n) is 14.2. The summed E-state index contributed by atoms with van der Waals surface area (Å²) in [6.07, 6.45) is 3.06. The summed E-state index contributed by atoms with van der Waals surface area (Å²) in [5.74, 6) is 0.662. The summed E-state index contributed by atoms with van der Waals surface area (Å²) in [6, 6.07) is 3.81. The van der Waals surface area contributed by atoms with Gasteiger partial charge in [-0.1, -0.05) is 44.4 Å². The summed E-state index contributed by atoms with van der Waals surface area (Å²) in [4.78, 5) is 0.434. The molecule has 0 saturated heterocycles. The van der Waals surface area contributed by atoms with Crippen molar-refractivity contribution in [2.75, 3.05) is 0 Å². The number of aryl methyl sites for hydroxylation is 3. The summed E-state index contributed by atoms with van der Waals surface area (Å²) in [7, 11) is -3.44. The first-order valence-electron chi connectivity index (χ1n) is 7.73. The van der Waals surface area contributed by atoms with Gasteiger partial charge >= 0.3 is 0 Å². The Kier molecular flexibility index (Phi) is 6.41. The Morgan fingerprint density at radius 1 is 1.00 bits per heavy atom. The van der Waals surface area contributed by atoms with E-state index in [2.05, 4.69) is 18.6 Å². The van der Waals surface area contributed by atoms with E-state index < -0.39 is 10.0 Å². The Morgan fingerprint density at radius 3 is 2.00 bits per heavy atom. The molecule has 0 aliphatic rings. The molecule has 0 saturated carbocycles. The topological polar surface area (TPSA) is 46.2 Å². The van der Waals surface area contributed by atoms with Crippen molar-refractivity contribution in [2.24, 2.45) is 5.92 Å². The monoisotopic (exact) mass is 311 g/mol. The Bertz CT molecular complexity index is 553. The van der Waals surface area contributed by atoms with Crippen LogP contribution in [0.1, 0.15) is 56.7 Å². The highest BCUT2D eigenvalue weighted by molar-refractivity contribution is 7.89. The molecular weight excluding hydrogens is 282 g/mol. The van der Waals surface area contributed by atoms with Crippen molar-refractivity contribution in [3.63, 3.8) is 0 Å². The smallest absolute Gasteiger partial charge is 0.208 e. The lowest BCUT2D eigenvalue weighted by Crippen LogP contribution is -2.33. The van der Waals surface area contributed by atoms with Gasteiger partial charge in [0.2, 0.25) is 10.0 Å². The highest BCUT2D eigenvalue weighted by Gasteiger charge is 2.21. The Balaban J connectivity index is 2.83. The van der Waals surface area contributed by atoms with Crippen LogP contribution in [0.15, 0.2) is 17.0 Å². The van der Waals surface area contributed by atoms with Crippen molar-refractivity contribution in [3.8, 4) is 0 Å². The molecule has 0 heterocycles. The molecule has 4 heteroatoms. The molecule has 0 radical (unpaired) electrons. The molecule has 1 aromatic carbocycles. The standard InChI is InChI=1S/C17H29NO2S/c1-12(2)8-7-9-16(6)18-21(19,20)17-14(4)10-13(3)11-15(17)5/h10-12,16,18H,7-9H2,1-6H3/t16-/m1/s1. The van der Waals surface area contributed by atoms with Gasteiger partial charge in [0.1, 0.15) is 0 Å². The molecule has 0 unspecified atom stereocenters. The van der Waals surface area contributed by atoms with Crippen molar-refractivity contribution in [1.29, 1.82) is 0 Å². The average molecular weight is 311 g/mol. The quantitative estimate of drug-likeness (QED) is 0.824. The van der Waals surface area contributed by atoms with Crippen molar-refractivity contribution in [2.45, 2.75) is 71.7 Å². The summed E-state index contributed by atoms with van der Waals surface area (Å²) in [5.41, 5.74) is 2.72. The molecule has 21 heavy (non-hydrogen) atoms. The summed E-state index contributed by atoms with van der Waals surface area (Å²) < 4.78 is 28.0. The summed E-state index contributed by atoms with van der Waals surface area (Å²) >= 11 is 0. The van der Waals surface area contributed by atoms with Crippen LogP contribution in [0.25, 0.3) is 0 Å². The minimum atomic E-state index is -3.44. The third kappa shape index (κ3) is 5.44. The van der Waals surface area contributed by atoms with Gasteiger partial charge in [-0.3, -0.25) is 0 Å². The maximum absolute atomic E-state index is 12.6. The third-order valence-corrected chi connectivity index (χ3v) is 5.54. The van der Waals surface area contributed by atoms with Crippen LogP contribution in [-0.2, 0) is 10.0 Å². The second-order valence-electron chi connectivity index (χ2n) is 6.57. The molecule has 0 fully saturated rings.